The molecule has 0 saturated carbocycles. The van der Waals surface area contributed by atoms with Crippen LogP contribution in [0.1, 0.15) is 18.5 Å². The Hall–Kier alpha value is -2.07. The number of rotatable bonds is 4. The molecule has 0 amide bonds. The summed E-state index contributed by atoms with van der Waals surface area (Å²) in [6.45, 7) is 1.78. The van der Waals surface area contributed by atoms with Crippen molar-refractivity contribution in [1.82, 2.24) is 0 Å². The molecule has 0 fully saturated rings. The van der Waals surface area contributed by atoms with E-state index in [1.807, 2.05) is 0 Å². The second-order valence-corrected chi connectivity index (χ2v) is 4.23. The lowest BCUT2D eigenvalue weighted by molar-refractivity contribution is 0.403. The largest absolute Gasteiger partial charge is 0.497 e. The molecule has 19 heavy (non-hydrogen) atoms. The van der Waals surface area contributed by atoms with Crippen LogP contribution < -0.4 is 15.2 Å². The third-order valence-electron chi connectivity index (χ3n) is 2.75. The average molecular weight is 261 g/mol. The van der Waals surface area contributed by atoms with E-state index < -0.39 is 5.82 Å². The topological polar surface area (TPSA) is 44.5 Å². The molecule has 0 radical (unpaired) electrons. The van der Waals surface area contributed by atoms with Gasteiger partial charge in [-0.1, -0.05) is 18.2 Å². The summed E-state index contributed by atoms with van der Waals surface area (Å²) in [6.07, 6.45) is 0. The van der Waals surface area contributed by atoms with Gasteiger partial charge in [-0.15, -0.1) is 0 Å². The van der Waals surface area contributed by atoms with E-state index >= 15 is 0 Å². The van der Waals surface area contributed by atoms with Crippen molar-refractivity contribution in [3.8, 4) is 17.2 Å². The summed E-state index contributed by atoms with van der Waals surface area (Å²) >= 11 is 0. The first-order valence-corrected chi connectivity index (χ1v) is 5.97. The van der Waals surface area contributed by atoms with Gasteiger partial charge >= 0.3 is 0 Å². The third kappa shape index (κ3) is 3.03. The molecule has 2 rings (SSSR count). The highest BCUT2D eigenvalue weighted by Gasteiger charge is 2.14. The normalized spacial score (nSPS) is 12.0. The van der Waals surface area contributed by atoms with Gasteiger partial charge in [0, 0.05) is 17.7 Å². The van der Waals surface area contributed by atoms with E-state index in [0.717, 1.165) is 0 Å². The summed E-state index contributed by atoms with van der Waals surface area (Å²) in [5.74, 6) is 0.880. The molecule has 0 heterocycles. The van der Waals surface area contributed by atoms with Gasteiger partial charge in [0.15, 0.2) is 11.6 Å². The van der Waals surface area contributed by atoms with E-state index in [1.54, 1.807) is 50.4 Å². The fraction of sp³-hybridized carbons (Fsp3) is 0.200. The van der Waals surface area contributed by atoms with Gasteiger partial charge in [0.05, 0.1) is 7.11 Å². The Labute approximate surface area is 111 Å². The van der Waals surface area contributed by atoms with Crippen LogP contribution in [0.4, 0.5) is 4.39 Å². The minimum atomic E-state index is -0.433. The summed E-state index contributed by atoms with van der Waals surface area (Å²) in [4.78, 5) is 0. The summed E-state index contributed by atoms with van der Waals surface area (Å²) in [5.41, 5.74) is 6.45. The molecule has 1 atom stereocenters. The Kier molecular flexibility index (Phi) is 4.02. The lowest BCUT2D eigenvalue weighted by Gasteiger charge is -2.14. The van der Waals surface area contributed by atoms with Gasteiger partial charge < -0.3 is 15.2 Å². The molecule has 0 aliphatic rings. The van der Waals surface area contributed by atoms with Crippen LogP contribution in [0, 0.1) is 5.82 Å². The fourth-order valence-corrected chi connectivity index (χ4v) is 1.77. The maximum atomic E-state index is 13.9. The van der Waals surface area contributed by atoms with E-state index in [0.29, 0.717) is 17.1 Å². The van der Waals surface area contributed by atoms with Crippen LogP contribution in [0.2, 0.25) is 0 Å². The molecule has 0 saturated heterocycles. The van der Waals surface area contributed by atoms with Crippen molar-refractivity contribution in [3.05, 3.63) is 53.8 Å². The van der Waals surface area contributed by atoms with E-state index in [-0.39, 0.29) is 11.8 Å². The van der Waals surface area contributed by atoms with Crippen molar-refractivity contribution in [1.29, 1.82) is 0 Å². The number of ether oxygens (including phenoxy) is 2. The van der Waals surface area contributed by atoms with Gasteiger partial charge in [-0.3, -0.25) is 0 Å². The molecule has 0 unspecified atom stereocenters. The predicted octanol–water partition coefficient (Wildman–Crippen LogP) is 3.65. The number of methoxy groups -OCH3 is 1. The lowest BCUT2D eigenvalue weighted by atomic mass is 10.1. The van der Waals surface area contributed by atoms with Crippen molar-refractivity contribution in [2.45, 2.75) is 13.0 Å². The number of hydrogen-bond donors (Lipinski definition) is 1. The van der Waals surface area contributed by atoms with E-state index in [4.69, 9.17) is 15.2 Å². The molecule has 0 aliphatic heterocycles. The number of halogens is 1. The Balaban J connectivity index is 2.37. The molecule has 2 aromatic rings. The molecule has 0 spiro atoms. The minimum absolute atomic E-state index is 0.158. The van der Waals surface area contributed by atoms with Crippen LogP contribution in [0.25, 0.3) is 0 Å². The maximum absolute atomic E-state index is 13.9. The van der Waals surface area contributed by atoms with E-state index in [9.17, 15) is 4.39 Å². The van der Waals surface area contributed by atoms with Gasteiger partial charge in [-0.05, 0) is 25.1 Å². The standard InChI is InChI=1S/C15H16FNO2/c1-10(17)13-7-4-8-14(16)15(13)19-12-6-3-5-11(9-12)18-2/h3-10H,17H2,1-2H3/t10-/m0/s1. The Morgan fingerprint density at radius 1 is 1.11 bits per heavy atom. The number of para-hydroxylation sites is 1. The zero-order valence-electron chi connectivity index (χ0n) is 10.9. The highest BCUT2D eigenvalue weighted by molar-refractivity contribution is 5.42. The Morgan fingerprint density at radius 2 is 1.79 bits per heavy atom. The highest BCUT2D eigenvalue weighted by atomic mass is 19.1. The van der Waals surface area contributed by atoms with Crippen LogP contribution >= 0.6 is 0 Å². The second kappa shape index (κ2) is 5.71. The molecule has 2 N–H and O–H groups in total. The fourth-order valence-electron chi connectivity index (χ4n) is 1.77. The molecule has 2 aromatic carbocycles. The first-order chi connectivity index (χ1) is 9.11. The minimum Gasteiger partial charge on any atom is -0.497 e. The quantitative estimate of drug-likeness (QED) is 0.913. The number of benzene rings is 2. The third-order valence-corrected chi connectivity index (χ3v) is 2.75. The summed E-state index contributed by atoms with van der Waals surface area (Å²) in [7, 11) is 1.57. The first kappa shape index (κ1) is 13.4. The van der Waals surface area contributed by atoms with E-state index in [2.05, 4.69) is 0 Å². The smallest absolute Gasteiger partial charge is 0.167 e. The zero-order chi connectivity index (χ0) is 13.8. The van der Waals surface area contributed by atoms with Gasteiger partial charge in [0.2, 0.25) is 0 Å². The monoisotopic (exact) mass is 261 g/mol. The summed E-state index contributed by atoms with van der Waals surface area (Å²) in [6, 6.07) is 11.4. The SMILES string of the molecule is COc1cccc(Oc2c(F)cccc2[C@H](C)N)c1. The highest BCUT2D eigenvalue weighted by Crippen LogP contribution is 2.32. The van der Waals surface area contributed by atoms with Crippen molar-refractivity contribution < 1.29 is 13.9 Å². The van der Waals surface area contributed by atoms with Gasteiger partial charge in [0.1, 0.15) is 11.5 Å². The first-order valence-electron chi connectivity index (χ1n) is 5.97. The molecule has 0 aromatic heterocycles. The molecule has 0 bridgehead atoms. The average Bonchev–Trinajstić information content (AvgIpc) is 2.41. The number of nitrogens with two attached hydrogens (primary N) is 1. The molecule has 100 valence electrons. The van der Waals surface area contributed by atoms with Gasteiger partial charge in [-0.25, -0.2) is 4.39 Å². The van der Waals surface area contributed by atoms with Crippen LogP contribution in [-0.2, 0) is 0 Å². The van der Waals surface area contributed by atoms with Crippen LogP contribution in [0.15, 0.2) is 42.5 Å². The number of hydrogen-bond acceptors (Lipinski definition) is 3. The Bertz CT molecular complexity index is 570. The lowest BCUT2D eigenvalue weighted by Crippen LogP contribution is -2.07. The zero-order valence-corrected chi connectivity index (χ0v) is 10.9. The van der Waals surface area contributed by atoms with Crippen molar-refractivity contribution in [3.63, 3.8) is 0 Å². The van der Waals surface area contributed by atoms with E-state index in [1.165, 1.54) is 6.07 Å². The van der Waals surface area contributed by atoms with Gasteiger partial charge in [-0.2, -0.15) is 0 Å². The van der Waals surface area contributed by atoms with Crippen molar-refractivity contribution >= 4 is 0 Å². The van der Waals surface area contributed by atoms with Crippen molar-refractivity contribution in [2.24, 2.45) is 5.73 Å². The summed E-state index contributed by atoms with van der Waals surface area (Å²) < 4.78 is 24.6. The maximum Gasteiger partial charge on any atom is 0.167 e. The molecule has 4 heteroatoms. The molecule has 3 nitrogen and oxygen atoms in total. The molecular weight excluding hydrogens is 245 g/mol. The Morgan fingerprint density at radius 3 is 2.47 bits per heavy atom. The van der Waals surface area contributed by atoms with Crippen LogP contribution in [-0.4, -0.2) is 7.11 Å². The predicted molar refractivity (Wildman–Crippen MR) is 72.1 cm³/mol. The van der Waals surface area contributed by atoms with Crippen LogP contribution in [0.3, 0.4) is 0 Å². The molecule has 0 aliphatic carbocycles. The van der Waals surface area contributed by atoms with Crippen molar-refractivity contribution in [2.75, 3.05) is 7.11 Å². The van der Waals surface area contributed by atoms with Gasteiger partial charge in [0.25, 0.3) is 0 Å². The molecular formula is C15H16FNO2. The van der Waals surface area contributed by atoms with Crippen LogP contribution in [0.5, 0.6) is 17.2 Å². The second-order valence-electron chi connectivity index (χ2n) is 4.23. The summed E-state index contributed by atoms with van der Waals surface area (Å²) in [5, 5.41) is 0.